The Morgan fingerprint density at radius 3 is 3.00 bits per heavy atom. The lowest BCUT2D eigenvalue weighted by molar-refractivity contribution is 0.536. The number of aromatic nitrogens is 3. The van der Waals surface area contributed by atoms with Gasteiger partial charge in [-0.3, -0.25) is 0 Å². The molecule has 0 amide bonds. The predicted molar refractivity (Wildman–Crippen MR) is 68.9 cm³/mol. The first kappa shape index (κ1) is 12.0. The third-order valence-electron chi connectivity index (χ3n) is 2.72. The molecule has 0 fully saturated rings. The van der Waals surface area contributed by atoms with Crippen molar-refractivity contribution in [1.82, 2.24) is 19.9 Å². The lowest BCUT2D eigenvalue weighted by Crippen LogP contribution is -2.16. The first-order valence-corrected chi connectivity index (χ1v) is 6.17. The van der Waals surface area contributed by atoms with Gasteiger partial charge in [0, 0.05) is 30.6 Å². The van der Waals surface area contributed by atoms with E-state index in [0.717, 1.165) is 30.3 Å². The van der Waals surface area contributed by atoms with E-state index in [1.54, 1.807) is 0 Å². The molecular weight excluding hydrogens is 212 g/mol. The lowest BCUT2D eigenvalue weighted by atomic mass is 10.1. The fourth-order valence-electron chi connectivity index (χ4n) is 1.75. The third kappa shape index (κ3) is 3.27. The molecule has 2 aromatic rings. The average molecular weight is 232 g/mol. The molecule has 0 spiro atoms. The van der Waals surface area contributed by atoms with Crippen LogP contribution in [0.3, 0.4) is 0 Å². The number of rotatable bonds is 5. The Labute approximate surface area is 102 Å². The molecule has 2 aromatic heterocycles. The van der Waals surface area contributed by atoms with E-state index in [0.29, 0.717) is 0 Å². The highest BCUT2D eigenvalue weighted by atomic mass is 15.2. The predicted octanol–water partition coefficient (Wildman–Crippen LogP) is 2.17. The number of aryl methyl sites for hydroxylation is 1. The molecule has 0 atom stereocenters. The molecule has 2 heterocycles. The molecule has 0 saturated carbocycles. The van der Waals surface area contributed by atoms with Crippen LogP contribution in [0, 0.1) is 12.8 Å². The van der Waals surface area contributed by atoms with Crippen LogP contribution in [0.4, 0.5) is 0 Å². The van der Waals surface area contributed by atoms with E-state index in [-0.39, 0.29) is 0 Å². The molecule has 0 aliphatic carbocycles. The van der Waals surface area contributed by atoms with Gasteiger partial charge in [0.2, 0.25) is 0 Å². The molecule has 2 rings (SSSR count). The second-order valence-electron chi connectivity index (χ2n) is 4.91. The standard InChI is InChI=1S/C13H20N4/c1-10(2)4-5-14-7-12-8-15-13-6-11(3)16-17(13)9-12/h6,8-10,14H,4-5,7H2,1-3H3. The quantitative estimate of drug-likeness (QED) is 0.803. The van der Waals surface area contributed by atoms with Crippen molar-refractivity contribution in [2.75, 3.05) is 6.54 Å². The number of fused-ring (bicyclic) bond motifs is 1. The molecular formula is C13H20N4. The number of nitrogens with one attached hydrogen (secondary N) is 1. The van der Waals surface area contributed by atoms with Crippen molar-refractivity contribution in [1.29, 1.82) is 0 Å². The highest BCUT2D eigenvalue weighted by Crippen LogP contribution is 2.04. The molecule has 0 aliphatic rings. The highest BCUT2D eigenvalue weighted by molar-refractivity contribution is 5.38. The summed E-state index contributed by atoms with van der Waals surface area (Å²) in [4.78, 5) is 4.38. The summed E-state index contributed by atoms with van der Waals surface area (Å²) in [7, 11) is 0. The van der Waals surface area contributed by atoms with Crippen LogP contribution >= 0.6 is 0 Å². The molecule has 0 radical (unpaired) electrons. The van der Waals surface area contributed by atoms with Gasteiger partial charge in [-0.2, -0.15) is 5.10 Å². The Morgan fingerprint density at radius 1 is 1.41 bits per heavy atom. The average Bonchev–Trinajstić information content (AvgIpc) is 2.63. The van der Waals surface area contributed by atoms with Crippen LogP contribution in [0.2, 0.25) is 0 Å². The normalized spacial score (nSPS) is 11.5. The van der Waals surface area contributed by atoms with Gasteiger partial charge in [-0.05, 0) is 25.8 Å². The first-order valence-electron chi connectivity index (χ1n) is 6.17. The van der Waals surface area contributed by atoms with Crippen molar-refractivity contribution in [3.63, 3.8) is 0 Å². The van der Waals surface area contributed by atoms with E-state index in [1.165, 1.54) is 12.0 Å². The monoisotopic (exact) mass is 232 g/mol. The van der Waals surface area contributed by atoms with Crippen LogP contribution in [-0.4, -0.2) is 21.1 Å². The summed E-state index contributed by atoms with van der Waals surface area (Å²) in [5.74, 6) is 0.747. The minimum atomic E-state index is 0.747. The summed E-state index contributed by atoms with van der Waals surface area (Å²) in [6, 6.07) is 1.98. The first-order chi connectivity index (χ1) is 8.15. The zero-order chi connectivity index (χ0) is 12.3. The SMILES string of the molecule is Cc1cc2ncc(CNCCC(C)C)cn2n1. The summed E-state index contributed by atoms with van der Waals surface area (Å²) >= 11 is 0. The maximum atomic E-state index is 4.38. The minimum absolute atomic E-state index is 0.747. The molecule has 0 bridgehead atoms. The van der Waals surface area contributed by atoms with Crippen molar-refractivity contribution >= 4 is 5.65 Å². The van der Waals surface area contributed by atoms with Crippen LogP contribution in [0.1, 0.15) is 31.5 Å². The maximum Gasteiger partial charge on any atom is 0.155 e. The van der Waals surface area contributed by atoms with E-state index in [9.17, 15) is 0 Å². The van der Waals surface area contributed by atoms with Crippen LogP contribution < -0.4 is 5.32 Å². The Hall–Kier alpha value is -1.42. The Morgan fingerprint density at radius 2 is 2.24 bits per heavy atom. The van der Waals surface area contributed by atoms with E-state index in [1.807, 2.05) is 29.9 Å². The zero-order valence-electron chi connectivity index (χ0n) is 10.8. The fourth-order valence-corrected chi connectivity index (χ4v) is 1.75. The molecule has 0 saturated heterocycles. The smallest absolute Gasteiger partial charge is 0.155 e. The van der Waals surface area contributed by atoms with E-state index >= 15 is 0 Å². The van der Waals surface area contributed by atoms with Gasteiger partial charge >= 0.3 is 0 Å². The molecule has 92 valence electrons. The van der Waals surface area contributed by atoms with Crippen molar-refractivity contribution in [3.05, 3.63) is 29.7 Å². The minimum Gasteiger partial charge on any atom is -0.313 e. The Bertz CT molecular complexity index is 487. The molecule has 4 nitrogen and oxygen atoms in total. The van der Waals surface area contributed by atoms with Gasteiger partial charge in [0.25, 0.3) is 0 Å². The summed E-state index contributed by atoms with van der Waals surface area (Å²) < 4.78 is 1.84. The van der Waals surface area contributed by atoms with Crippen molar-refractivity contribution in [2.24, 2.45) is 5.92 Å². The number of hydrogen-bond acceptors (Lipinski definition) is 3. The Balaban J connectivity index is 1.94. The van der Waals surface area contributed by atoms with Crippen LogP contribution in [-0.2, 0) is 6.54 Å². The highest BCUT2D eigenvalue weighted by Gasteiger charge is 2.00. The largest absolute Gasteiger partial charge is 0.313 e. The molecule has 17 heavy (non-hydrogen) atoms. The second-order valence-corrected chi connectivity index (χ2v) is 4.91. The van der Waals surface area contributed by atoms with Crippen LogP contribution in [0.5, 0.6) is 0 Å². The molecule has 0 unspecified atom stereocenters. The second kappa shape index (κ2) is 5.27. The molecule has 4 heteroatoms. The van der Waals surface area contributed by atoms with Gasteiger partial charge in [-0.1, -0.05) is 13.8 Å². The zero-order valence-corrected chi connectivity index (χ0v) is 10.8. The molecule has 0 aliphatic heterocycles. The molecule has 0 aromatic carbocycles. The van der Waals surface area contributed by atoms with E-state index in [4.69, 9.17) is 0 Å². The third-order valence-corrected chi connectivity index (χ3v) is 2.72. The van der Waals surface area contributed by atoms with E-state index < -0.39 is 0 Å². The summed E-state index contributed by atoms with van der Waals surface area (Å²) in [5, 5.41) is 7.78. The summed E-state index contributed by atoms with van der Waals surface area (Å²) in [5.41, 5.74) is 3.08. The van der Waals surface area contributed by atoms with Gasteiger partial charge in [0.15, 0.2) is 5.65 Å². The maximum absolute atomic E-state index is 4.38. The van der Waals surface area contributed by atoms with E-state index in [2.05, 4.69) is 29.2 Å². The van der Waals surface area contributed by atoms with Gasteiger partial charge in [-0.25, -0.2) is 9.50 Å². The van der Waals surface area contributed by atoms with Crippen LogP contribution in [0.15, 0.2) is 18.5 Å². The van der Waals surface area contributed by atoms with Gasteiger partial charge in [0.1, 0.15) is 0 Å². The van der Waals surface area contributed by atoms with Gasteiger partial charge in [0.05, 0.1) is 5.69 Å². The van der Waals surface area contributed by atoms with Crippen molar-refractivity contribution < 1.29 is 0 Å². The Kier molecular flexibility index (Phi) is 3.74. The summed E-state index contributed by atoms with van der Waals surface area (Å²) in [6.07, 6.45) is 5.16. The van der Waals surface area contributed by atoms with Gasteiger partial charge < -0.3 is 5.32 Å². The number of hydrogen-bond donors (Lipinski definition) is 1. The number of nitrogens with zero attached hydrogens (tertiary/aromatic N) is 3. The van der Waals surface area contributed by atoms with Crippen molar-refractivity contribution in [2.45, 2.75) is 33.7 Å². The fraction of sp³-hybridized carbons (Fsp3) is 0.538. The lowest BCUT2D eigenvalue weighted by Gasteiger charge is -2.06. The summed E-state index contributed by atoms with van der Waals surface area (Å²) in [6.45, 7) is 8.36. The van der Waals surface area contributed by atoms with Gasteiger partial charge in [-0.15, -0.1) is 0 Å². The topological polar surface area (TPSA) is 42.2 Å². The van der Waals surface area contributed by atoms with Crippen molar-refractivity contribution in [3.8, 4) is 0 Å². The van der Waals surface area contributed by atoms with Crippen LogP contribution in [0.25, 0.3) is 5.65 Å². The molecule has 1 N–H and O–H groups in total.